The summed E-state index contributed by atoms with van der Waals surface area (Å²) in [6.45, 7) is 6.96. The van der Waals surface area contributed by atoms with Crippen molar-refractivity contribution in [1.82, 2.24) is 29.8 Å². The van der Waals surface area contributed by atoms with Gasteiger partial charge < -0.3 is 15.0 Å². The Morgan fingerprint density at radius 1 is 1.29 bits per heavy atom. The molecule has 0 aliphatic carbocycles. The maximum absolute atomic E-state index is 5.97. The van der Waals surface area contributed by atoms with E-state index >= 15 is 0 Å². The predicted octanol–water partition coefficient (Wildman–Crippen LogP) is 2.99. The number of aryl methyl sites for hydroxylation is 3. The third-order valence-electron chi connectivity index (χ3n) is 5.34. The summed E-state index contributed by atoms with van der Waals surface area (Å²) in [5.74, 6) is 0.871. The molecule has 0 spiro atoms. The average molecular weight is 535 g/mol. The van der Waals surface area contributed by atoms with E-state index in [4.69, 9.17) is 4.74 Å². The molecule has 1 aliphatic heterocycles. The van der Waals surface area contributed by atoms with Crippen LogP contribution in [-0.2, 0) is 18.3 Å². The van der Waals surface area contributed by atoms with E-state index in [1.165, 1.54) is 5.56 Å². The number of aromatic nitrogens is 4. The number of nitrogens with one attached hydrogen (secondary N) is 1. The van der Waals surface area contributed by atoms with E-state index in [0.29, 0.717) is 13.2 Å². The summed E-state index contributed by atoms with van der Waals surface area (Å²) in [7, 11) is 3.74. The van der Waals surface area contributed by atoms with Crippen molar-refractivity contribution in [2.24, 2.45) is 12.0 Å². The van der Waals surface area contributed by atoms with Crippen LogP contribution in [0.15, 0.2) is 47.7 Å². The molecule has 1 unspecified atom stereocenters. The molecule has 1 aliphatic rings. The van der Waals surface area contributed by atoms with Crippen LogP contribution in [0.25, 0.3) is 5.69 Å². The lowest BCUT2D eigenvalue weighted by molar-refractivity contribution is -0.00805. The van der Waals surface area contributed by atoms with Gasteiger partial charge >= 0.3 is 0 Å². The Hall–Kier alpha value is -2.40. The third-order valence-corrected chi connectivity index (χ3v) is 5.34. The van der Waals surface area contributed by atoms with Crippen molar-refractivity contribution in [3.63, 3.8) is 0 Å². The van der Waals surface area contributed by atoms with E-state index in [0.717, 1.165) is 41.7 Å². The fraction of sp³-hybridized carbons (Fsp3) is 0.409. The molecule has 3 aromatic rings. The molecule has 1 aromatic carbocycles. The Balaban J connectivity index is 0.00000272. The van der Waals surface area contributed by atoms with Gasteiger partial charge in [-0.25, -0.2) is 4.68 Å². The fourth-order valence-corrected chi connectivity index (χ4v) is 3.90. The van der Waals surface area contributed by atoms with Crippen molar-refractivity contribution in [2.45, 2.75) is 26.5 Å². The van der Waals surface area contributed by atoms with Gasteiger partial charge in [-0.05, 0) is 31.5 Å². The molecule has 8 nitrogen and oxygen atoms in total. The Kier molecular flexibility index (Phi) is 7.71. The van der Waals surface area contributed by atoms with Crippen molar-refractivity contribution >= 4 is 29.9 Å². The number of hydrogen-bond donors (Lipinski definition) is 1. The van der Waals surface area contributed by atoms with Crippen molar-refractivity contribution in [2.75, 3.05) is 26.7 Å². The van der Waals surface area contributed by atoms with Gasteiger partial charge in [0.15, 0.2) is 5.96 Å². The van der Waals surface area contributed by atoms with Crippen molar-refractivity contribution in [3.8, 4) is 5.69 Å². The lowest BCUT2D eigenvalue weighted by Crippen LogP contribution is -2.48. The van der Waals surface area contributed by atoms with E-state index in [9.17, 15) is 0 Å². The molecule has 1 atom stereocenters. The molecule has 2 aromatic heterocycles. The SMILES string of the molecule is CN=C(NCc1ccccc1-n1nc(C)cc1C)N1CCOC(c2cnn(C)c2)C1.I. The molecule has 4 rings (SSSR count). The second-order valence-corrected chi connectivity index (χ2v) is 7.62. The van der Waals surface area contributed by atoms with Gasteiger partial charge in [-0.15, -0.1) is 24.0 Å². The third kappa shape index (κ3) is 5.27. The molecular weight excluding hydrogens is 505 g/mol. The summed E-state index contributed by atoms with van der Waals surface area (Å²) < 4.78 is 9.78. The van der Waals surface area contributed by atoms with Gasteiger partial charge in [0.2, 0.25) is 0 Å². The molecule has 0 radical (unpaired) electrons. The molecule has 9 heteroatoms. The number of hydrogen-bond acceptors (Lipinski definition) is 4. The smallest absolute Gasteiger partial charge is 0.194 e. The minimum Gasteiger partial charge on any atom is -0.370 e. The van der Waals surface area contributed by atoms with Gasteiger partial charge in [0.1, 0.15) is 6.10 Å². The van der Waals surface area contributed by atoms with Crippen LogP contribution in [0.1, 0.15) is 28.6 Å². The van der Waals surface area contributed by atoms with Gasteiger partial charge in [-0.2, -0.15) is 10.2 Å². The van der Waals surface area contributed by atoms with Crippen molar-refractivity contribution < 1.29 is 4.74 Å². The van der Waals surface area contributed by atoms with E-state index in [2.05, 4.69) is 56.6 Å². The van der Waals surface area contributed by atoms with Crippen LogP contribution in [-0.4, -0.2) is 57.2 Å². The van der Waals surface area contributed by atoms with Gasteiger partial charge in [0, 0.05) is 44.6 Å². The summed E-state index contributed by atoms with van der Waals surface area (Å²) in [5, 5.41) is 12.4. The Morgan fingerprint density at radius 2 is 2.10 bits per heavy atom. The van der Waals surface area contributed by atoms with Gasteiger partial charge in [-0.1, -0.05) is 18.2 Å². The van der Waals surface area contributed by atoms with Crippen LogP contribution in [0, 0.1) is 13.8 Å². The Labute approximate surface area is 200 Å². The standard InChI is InChI=1S/C22H29N7O.HI/c1-16-11-17(2)29(26-16)20-8-6-5-7-18(20)12-24-22(23-3)28-9-10-30-21(15-28)19-13-25-27(4)14-19;/h5-8,11,13-14,21H,9-10,12,15H2,1-4H3,(H,23,24);1H. The summed E-state index contributed by atoms with van der Waals surface area (Å²) in [6.07, 6.45) is 3.87. The molecule has 1 fully saturated rings. The fourth-order valence-electron chi connectivity index (χ4n) is 3.90. The largest absolute Gasteiger partial charge is 0.370 e. The van der Waals surface area contributed by atoms with Crippen LogP contribution in [0.5, 0.6) is 0 Å². The maximum atomic E-state index is 5.97. The molecular formula is C22H30IN7O. The number of benzene rings is 1. The second kappa shape index (κ2) is 10.3. The normalized spacial score (nSPS) is 16.8. The zero-order valence-corrected chi connectivity index (χ0v) is 20.8. The monoisotopic (exact) mass is 535 g/mol. The van der Waals surface area contributed by atoms with E-state index < -0.39 is 0 Å². The Bertz CT molecular complexity index is 1040. The molecule has 1 saturated heterocycles. The van der Waals surface area contributed by atoms with Gasteiger partial charge in [0.25, 0.3) is 0 Å². The Morgan fingerprint density at radius 3 is 2.77 bits per heavy atom. The number of guanidine groups is 1. The molecule has 0 amide bonds. The average Bonchev–Trinajstić information content (AvgIpc) is 3.33. The molecule has 1 N–H and O–H groups in total. The van der Waals surface area contributed by atoms with Crippen LogP contribution >= 0.6 is 24.0 Å². The number of morpholine rings is 1. The highest BCUT2D eigenvalue weighted by Gasteiger charge is 2.25. The zero-order valence-electron chi connectivity index (χ0n) is 18.4. The lowest BCUT2D eigenvalue weighted by atomic mass is 10.1. The molecule has 0 saturated carbocycles. The first-order valence-electron chi connectivity index (χ1n) is 10.2. The summed E-state index contributed by atoms with van der Waals surface area (Å²) in [6, 6.07) is 10.4. The minimum atomic E-state index is -0.00650. The number of rotatable bonds is 4. The summed E-state index contributed by atoms with van der Waals surface area (Å²) in [5.41, 5.74) is 5.48. The second-order valence-electron chi connectivity index (χ2n) is 7.62. The zero-order chi connectivity index (χ0) is 21.1. The quantitative estimate of drug-likeness (QED) is 0.316. The van der Waals surface area contributed by atoms with E-state index in [1.807, 2.05) is 44.2 Å². The number of para-hydroxylation sites is 1. The van der Waals surface area contributed by atoms with Crippen molar-refractivity contribution in [1.29, 1.82) is 0 Å². The summed E-state index contributed by atoms with van der Waals surface area (Å²) >= 11 is 0. The highest BCUT2D eigenvalue weighted by atomic mass is 127. The van der Waals surface area contributed by atoms with Gasteiger partial charge in [0.05, 0.1) is 30.7 Å². The number of halogens is 1. The van der Waals surface area contributed by atoms with Crippen LogP contribution in [0.4, 0.5) is 0 Å². The molecule has 166 valence electrons. The predicted molar refractivity (Wildman–Crippen MR) is 132 cm³/mol. The maximum Gasteiger partial charge on any atom is 0.194 e. The lowest BCUT2D eigenvalue weighted by Gasteiger charge is -2.34. The number of aliphatic imine (C=N–C) groups is 1. The van der Waals surface area contributed by atoms with Crippen LogP contribution in [0.2, 0.25) is 0 Å². The van der Waals surface area contributed by atoms with Crippen LogP contribution in [0.3, 0.4) is 0 Å². The first-order valence-corrected chi connectivity index (χ1v) is 10.2. The highest BCUT2D eigenvalue weighted by Crippen LogP contribution is 2.22. The first-order chi connectivity index (χ1) is 14.5. The molecule has 3 heterocycles. The van der Waals surface area contributed by atoms with Crippen LogP contribution < -0.4 is 5.32 Å². The summed E-state index contributed by atoms with van der Waals surface area (Å²) in [4.78, 5) is 6.76. The van der Waals surface area contributed by atoms with Crippen molar-refractivity contribution in [3.05, 3.63) is 65.2 Å². The minimum absolute atomic E-state index is 0. The molecule has 0 bridgehead atoms. The van der Waals surface area contributed by atoms with E-state index in [-0.39, 0.29) is 30.1 Å². The first kappa shape index (κ1) is 23.3. The number of ether oxygens (including phenoxy) is 1. The molecule has 31 heavy (non-hydrogen) atoms. The number of nitrogens with zero attached hydrogens (tertiary/aromatic N) is 6. The van der Waals surface area contributed by atoms with Gasteiger partial charge in [-0.3, -0.25) is 9.67 Å². The topological polar surface area (TPSA) is 72.5 Å². The highest BCUT2D eigenvalue weighted by molar-refractivity contribution is 14.0. The van der Waals surface area contributed by atoms with E-state index in [1.54, 1.807) is 4.68 Å².